The summed E-state index contributed by atoms with van der Waals surface area (Å²) in [6, 6.07) is 173. The minimum atomic E-state index is 0.857. The molecule has 2 heterocycles. The molecule has 0 radical (unpaired) electrons. The Hall–Kier alpha value is -17.2. The average molecular weight is 1760 g/mol. The summed E-state index contributed by atoms with van der Waals surface area (Å²) >= 11 is 0. The van der Waals surface area contributed by atoms with Gasteiger partial charge in [-0.05, 0) is 280 Å². The maximum atomic E-state index is 2.44. The minimum Gasteiger partial charge on any atom is -0.344 e. The van der Waals surface area contributed by atoms with E-state index in [-0.39, 0.29) is 0 Å². The number of rotatable bonds is 21. The fraction of sp³-hybridized carbons (Fsp3) is 0.0698. The second kappa shape index (κ2) is 36.1. The second-order valence-electron chi connectivity index (χ2n) is 35.7. The first-order valence-corrected chi connectivity index (χ1v) is 47.7. The number of hydrogen-bond acceptors (Lipinski definition) is 6. The Balaban J connectivity index is 0.000000154. The van der Waals surface area contributed by atoms with Gasteiger partial charge in [0.1, 0.15) is 0 Å². The standard InChI is InChI=1S/C66H54N4.C63H48N4/c1-4-67(62-25-13-19-48-16-7-10-22-57(48)62)53-34-28-46(29-35-53)51-32-42-65-60(44-51)61-45-52(47-30-36-54(37-31-47)68(5-2)63-26-14-20-49-17-8-11-23-58(49)63)33-43-66(61)70(65)56-40-38-55(39-41-56)69(6-3)64-27-15-21-50-18-9-12-24-59(50)64;1-64(59-22-10-16-45-13-4-7-19-54(45)59)50-31-25-43(26-32-50)48-29-39-62-57(41-48)58-42-49(44-27-33-51(34-28-44)65(2)60-23-11-17-46-14-5-8-20-55(46)60)30-40-63(58)67(62)53-37-35-52(36-38-53)66(3)61-24-12-18-47-15-6-9-21-56(47)61/h7-45H,4-6H2,1-3H3;4-42H,1-3H3. The number of nitrogens with zero attached hydrogens (tertiary/aromatic N) is 8. The van der Waals surface area contributed by atoms with Crippen LogP contribution in [0, 0.1) is 0 Å². The molecule has 0 spiro atoms. The highest BCUT2D eigenvalue weighted by atomic mass is 15.2. The first-order valence-electron chi connectivity index (χ1n) is 47.7. The Morgan fingerprint density at radius 3 is 0.577 bits per heavy atom. The third kappa shape index (κ3) is 15.6. The van der Waals surface area contributed by atoms with E-state index < -0.39 is 0 Å². The summed E-state index contributed by atoms with van der Waals surface area (Å²) in [5.74, 6) is 0. The molecular weight excluding hydrogens is 1660 g/mol. The van der Waals surface area contributed by atoms with E-state index in [4.69, 9.17) is 0 Å². The summed E-state index contributed by atoms with van der Waals surface area (Å²) in [6.07, 6.45) is 0. The van der Waals surface area contributed by atoms with E-state index in [2.05, 4.69) is 554 Å². The molecule has 0 aliphatic heterocycles. The summed E-state index contributed by atoms with van der Waals surface area (Å²) in [6.45, 7) is 9.28. The van der Waals surface area contributed by atoms with E-state index in [0.29, 0.717) is 0 Å². The molecule has 0 N–H and O–H groups in total. The molecule has 0 unspecified atom stereocenters. The van der Waals surface area contributed by atoms with Crippen LogP contribution in [0.5, 0.6) is 0 Å². The molecule has 137 heavy (non-hydrogen) atoms. The van der Waals surface area contributed by atoms with Gasteiger partial charge in [-0.15, -0.1) is 0 Å². The van der Waals surface area contributed by atoms with Crippen LogP contribution in [0.1, 0.15) is 20.8 Å². The second-order valence-corrected chi connectivity index (χ2v) is 35.7. The van der Waals surface area contributed by atoms with E-state index in [0.717, 1.165) is 48.1 Å². The SMILES string of the molecule is CCN(c1ccc(-c2ccc3c(c2)c2cc(-c4ccc(N(CC)c5cccc6ccccc56)cc4)ccc2n3-c2ccc(N(CC)c3cccc4ccccc34)cc2)cc1)c1cccc2ccccc12.CN(c1ccc(-c2ccc3c(c2)c2cc(-c4ccc(N(C)c5cccc6ccccc56)cc4)ccc2n3-c2ccc(N(C)c3cccc4ccccc34)cc2)cc1)c1cccc2ccccc12. The van der Waals surface area contributed by atoms with Crippen molar-refractivity contribution in [3.8, 4) is 55.9 Å². The van der Waals surface area contributed by atoms with Crippen LogP contribution < -0.4 is 29.4 Å². The van der Waals surface area contributed by atoms with Crippen LogP contribution in [0.15, 0.2) is 473 Å². The highest BCUT2D eigenvalue weighted by molar-refractivity contribution is 6.14. The van der Waals surface area contributed by atoms with E-state index in [1.54, 1.807) is 0 Å². The van der Waals surface area contributed by atoms with Crippen molar-refractivity contribution in [3.63, 3.8) is 0 Å². The molecule has 0 bridgehead atoms. The van der Waals surface area contributed by atoms with Crippen molar-refractivity contribution in [1.82, 2.24) is 9.13 Å². The molecule has 8 nitrogen and oxygen atoms in total. The molecule has 22 aromatic carbocycles. The lowest BCUT2D eigenvalue weighted by Crippen LogP contribution is -2.16. The fourth-order valence-corrected chi connectivity index (χ4v) is 21.1. The van der Waals surface area contributed by atoms with Crippen LogP contribution >= 0.6 is 0 Å². The number of fused-ring (bicyclic) bond motifs is 12. The van der Waals surface area contributed by atoms with Gasteiger partial charge >= 0.3 is 0 Å². The molecule has 24 aromatic rings. The average Bonchev–Trinajstić information content (AvgIpc) is 1.58. The molecule has 24 rings (SSSR count). The zero-order chi connectivity index (χ0) is 92.1. The van der Waals surface area contributed by atoms with Crippen LogP contribution in [0.25, 0.3) is 164 Å². The van der Waals surface area contributed by atoms with Gasteiger partial charge in [0.2, 0.25) is 0 Å². The van der Waals surface area contributed by atoms with Crippen LogP contribution in [0.3, 0.4) is 0 Å². The highest BCUT2D eigenvalue weighted by Gasteiger charge is 2.23. The number of benzene rings is 22. The highest BCUT2D eigenvalue weighted by Crippen LogP contribution is 2.46. The van der Waals surface area contributed by atoms with Gasteiger partial charge in [-0.3, -0.25) is 0 Å². The summed E-state index contributed by atoms with van der Waals surface area (Å²) in [4.78, 5) is 14.1. The van der Waals surface area contributed by atoms with Gasteiger partial charge in [0, 0.05) is 174 Å². The molecular formula is C129H102N8. The maximum Gasteiger partial charge on any atom is 0.0541 e. The molecule has 0 aliphatic rings. The zero-order valence-electron chi connectivity index (χ0n) is 77.7. The Bertz CT molecular complexity index is 8250. The van der Waals surface area contributed by atoms with Crippen LogP contribution in [0.4, 0.5) is 68.2 Å². The molecule has 0 amide bonds. The predicted octanol–water partition coefficient (Wildman–Crippen LogP) is 34.9. The van der Waals surface area contributed by atoms with Crippen molar-refractivity contribution < 1.29 is 0 Å². The molecule has 2 aromatic heterocycles. The molecule has 658 valence electrons. The van der Waals surface area contributed by atoms with Gasteiger partial charge in [0.05, 0.1) is 22.1 Å². The van der Waals surface area contributed by atoms with Crippen molar-refractivity contribution >= 4 is 176 Å². The lowest BCUT2D eigenvalue weighted by Gasteiger charge is -2.25. The van der Waals surface area contributed by atoms with Crippen molar-refractivity contribution in [2.45, 2.75) is 20.8 Å². The van der Waals surface area contributed by atoms with Crippen molar-refractivity contribution in [2.24, 2.45) is 0 Å². The van der Waals surface area contributed by atoms with Crippen LogP contribution in [0.2, 0.25) is 0 Å². The molecule has 8 heteroatoms. The summed E-state index contributed by atoms with van der Waals surface area (Å²) in [7, 11) is 6.46. The number of aromatic nitrogens is 2. The van der Waals surface area contributed by atoms with Gasteiger partial charge in [-0.2, -0.15) is 0 Å². The normalized spacial score (nSPS) is 11.5. The lowest BCUT2D eigenvalue weighted by atomic mass is 9.99. The third-order valence-corrected chi connectivity index (χ3v) is 28.2. The summed E-state index contributed by atoms with van der Waals surface area (Å²) < 4.78 is 4.86. The van der Waals surface area contributed by atoms with Crippen molar-refractivity contribution in [3.05, 3.63) is 473 Å². The van der Waals surface area contributed by atoms with E-state index in [9.17, 15) is 0 Å². The molecule has 0 fully saturated rings. The Labute approximate surface area is 800 Å². The monoisotopic (exact) mass is 1760 g/mol. The smallest absolute Gasteiger partial charge is 0.0541 e. The lowest BCUT2D eigenvalue weighted by molar-refractivity contribution is 1.03. The van der Waals surface area contributed by atoms with Crippen LogP contribution in [-0.4, -0.2) is 49.9 Å². The van der Waals surface area contributed by atoms with Gasteiger partial charge in [0.25, 0.3) is 0 Å². The predicted molar refractivity (Wildman–Crippen MR) is 589 cm³/mol. The van der Waals surface area contributed by atoms with Gasteiger partial charge in [0.15, 0.2) is 0 Å². The number of hydrogen-bond donors (Lipinski definition) is 0. The van der Waals surface area contributed by atoms with Gasteiger partial charge in [-0.25, -0.2) is 0 Å². The maximum absolute atomic E-state index is 2.44. The molecule has 0 saturated carbocycles. The third-order valence-electron chi connectivity index (χ3n) is 28.2. The van der Waals surface area contributed by atoms with E-state index in [1.807, 2.05) is 0 Å². The molecule has 0 aliphatic carbocycles. The topological polar surface area (TPSA) is 29.3 Å². The van der Waals surface area contributed by atoms with Gasteiger partial charge in [-0.1, -0.05) is 291 Å². The minimum absolute atomic E-state index is 0.857. The Morgan fingerprint density at radius 1 is 0.161 bits per heavy atom. The first-order chi connectivity index (χ1) is 67.5. The van der Waals surface area contributed by atoms with E-state index in [1.165, 1.54) is 204 Å². The first kappa shape index (κ1) is 84.1. The Kier molecular flexibility index (Phi) is 22.1. The number of anilines is 12. The molecule has 0 atom stereocenters. The Morgan fingerprint density at radius 2 is 0.343 bits per heavy atom. The van der Waals surface area contributed by atoms with Crippen LogP contribution in [-0.2, 0) is 0 Å². The van der Waals surface area contributed by atoms with Crippen molar-refractivity contribution in [1.29, 1.82) is 0 Å². The van der Waals surface area contributed by atoms with Gasteiger partial charge < -0.3 is 38.5 Å². The summed E-state index contributed by atoms with van der Waals surface area (Å²) in [5, 5.41) is 19.9. The summed E-state index contributed by atoms with van der Waals surface area (Å²) in [5.41, 5.74) is 30.7. The quantitative estimate of drug-likeness (QED) is 0.0712. The van der Waals surface area contributed by atoms with Crippen molar-refractivity contribution in [2.75, 3.05) is 70.2 Å². The fourth-order valence-electron chi connectivity index (χ4n) is 21.1. The molecule has 0 saturated heterocycles. The zero-order valence-corrected chi connectivity index (χ0v) is 77.7. The largest absolute Gasteiger partial charge is 0.344 e. The van der Waals surface area contributed by atoms with E-state index >= 15 is 0 Å².